The molecule has 0 bridgehead atoms. The second-order valence-electron chi connectivity index (χ2n) is 8.21. The zero-order valence-corrected chi connectivity index (χ0v) is 15.1. The van der Waals surface area contributed by atoms with Crippen molar-refractivity contribution in [3.8, 4) is 0 Å². The van der Waals surface area contributed by atoms with Crippen LogP contribution in [0.5, 0.6) is 0 Å². The van der Waals surface area contributed by atoms with Gasteiger partial charge < -0.3 is 4.74 Å². The molecule has 3 aliphatic rings. The Bertz CT molecular complexity index is 729. The largest absolute Gasteiger partial charge is 0.445 e. The van der Waals surface area contributed by atoms with Crippen LogP contribution in [-0.4, -0.2) is 33.8 Å². The molecule has 1 N–H and O–H groups in total. The van der Waals surface area contributed by atoms with Crippen molar-refractivity contribution in [3.63, 3.8) is 0 Å². The standard InChI is InChI=1S/C18H23F4N3O2/c1-25-15(23-16(26)27-12-8-18(21,22)9-12)14(11-3-2-4-11)13(24-25)5-10-6-17(19,20)7-10/h10-12H,2-9H2,1H3,(H,23,26). The maximum Gasteiger partial charge on any atom is 0.413 e. The van der Waals surface area contributed by atoms with Gasteiger partial charge in [-0.15, -0.1) is 0 Å². The number of ether oxygens (including phenoxy) is 1. The Morgan fingerprint density at radius 1 is 1.19 bits per heavy atom. The first-order valence-corrected chi connectivity index (χ1v) is 9.41. The number of carbonyl (C=O) groups excluding carboxylic acids is 1. The molecule has 0 aliphatic heterocycles. The molecular weight excluding hydrogens is 366 g/mol. The number of carbonyl (C=O) groups is 1. The maximum absolute atomic E-state index is 13.1. The molecule has 1 amide bonds. The number of hydrogen-bond acceptors (Lipinski definition) is 3. The summed E-state index contributed by atoms with van der Waals surface area (Å²) < 4.78 is 58.6. The topological polar surface area (TPSA) is 56.2 Å². The van der Waals surface area contributed by atoms with E-state index in [9.17, 15) is 22.4 Å². The van der Waals surface area contributed by atoms with E-state index < -0.39 is 36.9 Å². The Morgan fingerprint density at radius 3 is 2.33 bits per heavy atom. The van der Waals surface area contributed by atoms with E-state index >= 15 is 0 Å². The molecule has 27 heavy (non-hydrogen) atoms. The molecule has 0 radical (unpaired) electrons. The van der Waals surface area contributed by atoms with Crippen molar-refractivity contribution in [2.24, 2.45) is 13.0 Å². The maximum atomic E-state index is 13.1. The monoisotopic (exact) mass is 389 g/mol. The number of anilines is 1. The van der Waals surface area contributed by atoms with Crippen LogP contribution in [0.2, 0.25) is 0 Å². The highest BCUT2D eigenvalue weighted by molar-refractivity contribution is 5.85. The molecule has 5 nitrogen and oxygen atoms in total. The number of aryl methyl sites for hydroxylation is 1. The molecule has 3 aliphatic carbocycles. The molecular formula is C18H23F4N3O2. The molecule has 1 heterocycles. The van der Waals surface area contributed by atoms with Crippen molar-refractivity contribution < 1.29 is 27.1 Å². The highest BCUT2D eigenvalue weighted by Gasteiger charge is 2.48. The highest BCUT2D eigenvalue weighted by Crippen LogP contribution is 2.47. The second kappa shape index (κ2) is 6.38. The first-order valence-electron chi connectivity index (χ1n) is 9.41. The second-order valence-corrected chi connectivity index (χ2v) is 8.21. The third-order valence-corrected chi connectivity index (χ3v) is 5.88. The molecule has 0 spiro atoms. The van der Waals surface area contributed by atoms with Crippen LogP contribution in [-0.2, 0) is 18.2 Å². The van der Waals surface area contributed by atoms with Crippen LogP contribution < -0.4 is 5.32 Å². The van der Waals surface area contributed by atoms with Gasteiger partial charge in [-0.3, -0.25) is 10.00 Å². The van der Waals surface area contributed by atoms with Crippen LogP contribution in [0.4, 0.5) is 28.2 Å². The summed E-state index contributed by atoms with van der Waals surface area (Å²) in [7, 11) is 1.67. The molecule has 0 saturated heterocycles. The van der Waals surface area contributed by atoms with Crippen LogP contribution in [0.25, 0.3) is 0 Å². The number of amides is 1. The molecule has 150 valence electrons. The van der Waals surface area contributed by atoms with Crippen LogP contribution in [0, 0.1) is 5.92 Å². The van der Waals surface area contributed by atoms with E-state index in [1.165, 1.54) is 4.68 Å². The first-order chi connectivity index (χ1) is 12.6. The Balaban J connectivity index is 1.45. The van der Waals surface area contributed by atoms with Crippen molar-refractivity contribution in [2.75, 3.05) is 5.32 Å². The van der Waals surface area contributed by atoms with Crippen molar-refractivity contribution in [2.45, 2.75) is 75.2 Å². The zero-order chi connectivity index (χ0) is 19.4. The fourth-order valence-corrected chi connectivity index (χ4v) is 4.19. The van der Waals surface area contributed by atoms with Gasteiger partial charge in [0.2, 0.25) is 5.92 Å². The quantitative estimate of drug-likeness (QED) is 0.748. The lowest BCUT2D eigenvalue weighted by Gasteiger charge is -2.35. The van der Waals surface area contributed by atoms with E-state index in [-0.39, 0.29) is 24.7 Å². The highest BCUT2D eigenvalue weighted by atomic mass is 19.3. The number of rotatable bonds is 5. The van der Waals surface area contributed by atoms with Gasteiger partial charge in [0.05, 0.1) is 5.69 Å². The van der Waals surface area contributed by atoms with Gasteiger partial charge >= 0.3 is 6.09 Å². The van der Waals surface area contributed by atoms with E-state index in [0.717, 1.165) is 30.5 Å². The summed E-state index contributed by atoms with van der Waals surface area (Å²) in [5.74, 6) is -4.72. The number of halogens is 4. The summed E-state index contributed by atoms with van der Waals surface area (Å²) in [6.45, 7) is 0. The van der Waals surface area contributed by atoms with Gasteiger partial charge in [0.25, 0.3) is 5.92 Å². The molecule has 0 aromatic carbocycles. The number of aromatic nitrogens is 2. The average molecular weight is 389 g/mol. The SMILES string of the molecule is Cn1nc(CC2CC(F)(F)C2)c(C2CCC2)c1NC(=O)OC1CC(F)(F)C1. The van der Waals surface area contributed by atoms with Crippen LogP contribution in [0.1, 0.15) is 62.1 Å². The van der Waals surface area contributed by atoms with Gasteiger partial charge in [-0.05, 0) is 31.1 Å². The molecule has 0 unspecified atom stereocenters. The van der Waals surface area contributed by atoms with Gasteiger partial charge in [-0.25, -0.2) is 22.4 Å². The predicted octanol–water partition coefficient (Wildman–Crippen LogP) is 4.62. The van der Waals surface area contributed by atoms with E-state index in [2.05, 4.69) is 10.4 Å². The number of nitrogens with zero attached hydrogens (tertiary/aromatic N) is 2. The lowest BCUT2D eigenvalue weighted by molar-refractivity contribution is -0.143. The lowest BCUT2D eigenvalue weighted by Crippen LogP contribution is -2.43. The normalized spacial score (nSPS) is 24.6. The fraction of sp³-hybridized carbons (Fsp3) is 0.778. The van der Waals surface area contributed by atoms with Crippen LogP contribution in [0.3, 0.4) is 0 Å². The van der Waals surface area contributed by atoms with Crippen molar-refractivity contribution >= 4 is 11.9 Å². The molecule has 3 fully saturated rings. The summed E-state index contributed by atoms with van der Waals surface area (Å²) in [5.41, 5.74) is 1.63. The van der Waals surface area contributed by atoms with Gasteiger partial charge in [-0.1, -0.05) is 6.42 Å². The number of hydrogen-bond donors (Lipinski definition) is 1. The summed E-state index contributed by atoms with van der Waals surface area (Å²) in [4.78, 5) is 12.1. The summed E-state index contributed by atoms with van der Waals surface area (Å²) in [6.07, 6.45) is 0.712. The van der Waals surface area contributed by atoms with Crippen molar-refractivity contribution in [1.29, 1.82) is 0 Å². The van der Waals surface area contributed by atoms with E-state index in [1.807, 2.05) is 0 Å². The van der Waals surface area contributed by atoms with Crippen molar-refractivity contribution in [1.82, 2.24) is 9.78 Å². The molecule has 0 atom stereocenters. The Hall–Kier alpha value is -1.80. The molecule has 3 saturated carbocycles. The van der Waals surface area contributed by atoms with E-state index in [1.54, 1.807) is 7.05 Å². The predicted molar refractivity (Wildman–Crippen MR) is 89.2 cm³/mol. The molecule has 1 aromatic heterocycles. The van der Waals surface area contributed by atoms with Crippen LogP contribution in [0.15, 0.2) is 0 Å². The molecule has 1 aromatic rings. The zero-order valence-electron chi connectivity index (χ0n) is 15.1. The third kappa shape index (κ3) is 3.78. The molecule has 4 rings (SSSR count). The third-order valence-electron chi connectivity index (χ3n) is 5.88. The Morgan fingerprint density at radius 2 is 1.81 bits per heavy atom. The Labute approximate surface area is 154 Å². The molecule has 9 heteroatoms. The van der Waals surface area contributed by atoms with Gasteiger partial charge in [0.15, 0.2) is 0 Å². The minimum absolute atomic E-state index is 0.106. The van der Waals surface area contributed by atoms with E-state index in [4.69, 9.17) is 4.74 Å². The number of nitrogens with one attached hydrogen (secondary N) is 1. The van der Waals surface area contributed by atoms with Gasteiger partial charge in [0.1, 0.15) is 11.9 Å². The first kappa shape index (κ1) is 18.6. The summed E-state index contributed by atoms with van der Waals surface area (Å²) in [5, 5.41) is 7.10. The smallest absolute Gasteiger partial charge is 0.413 e. The lowest BCUT2D eigenvalue weighted by atomic mass is 9.75. The van der Waals surface area contributed by atoms with Gasteiger partial charge in [0, 0.05) is 38.3 Å². The minimum Gasteiger partial charge on any atom is -0.445 e. The van der Waals surface area contributed by atoms with E-state index in [0.29, 0.717) is 12.2 Å². The Kier molecular flexibility index (Phi) is 4.38. The number of alkyl halides is 4. The average Bonchev–Trinajstić information content (AvgIpc) is 2.70. The fourth-order valence-electron chi connectivity index (χ4n) is 4.19. The summed E-state index contributed by atoms with van der Waals surface area (Å²) >= 11 is 0. The van der Waals surface area contributed by atoms with Crippen molar-refractivity contribution in [3.05, 3.63) is 11.3 Å². The minimum atomic E-state index is -2.76. The van der Waals surface area contributed by atoms with Gasteiger partial charge in [-0.2, -0.15) is 5.10 Å². The summed E-state index contributed by atoms with van der Waals surface area (Å²) in [6, 6.07) is 0. The van der Waals surface area contributed by atoms with Crippen LogP contribution >= 0.6 is 0 Å².